The molecule has 0 saturated heterocycles. The molecule has 1 aliphatic rings. The molecule has 1 saturated carbocycles. The van der Waals surface area contributed by atoms with E-state index >= 15 is 0 Å². The van der Waals surface area contributed by atoms with Crippen LogP contribution in [-0.4, -0.2) is 42.4 Å². The van der Waals surface area contributed by atoms with E-state index in [-0.39, 0.29) is 5.92 Å². The highest BCUT2D eigenvalue weighted by Gasteiger charge is 2.23. The van der Waals surface area contributed by atoms with Crippen molar-refractivity contribution in [1.82, 2.24) is 10.6 Å². The molecule has 1 rings (SSSR count). The average molecular weight is 286 g/mol. The molecule has 3 N–H and O–H groups in total. The number of hydrogen-bond acceptors (Lipinski definition) is 3. The number of ether oxygens (including phenoxy) is 1. The fourth-order valence-corrected chi connectivity index (χ4v) is 2.33. The van der Waals surface area contributed by atoms with E-state index in [1.807, 2.05) is 0 Å². The first-order valence-electron chi connectivity index (χ1n) is 7.39. The van der Waals surface area contributed by atoms with Gasteiger partial charge in [0, 0.05) is 6.54 Å². The van der Waals surface area contributed by atoms with Gasteiger partial charge in [0.25, 0.3) is 0 Å². The lowest BCUT2D eigenvalue weighted by Crippen LogP contribution is -2.49. The summed E-state index contributed by atoms with van der Waals surface area (Å²) < 4.78 is 5.67. The van der Waals surface area contributed by atoms with E-state index in [0.717, 1.165) is 12.8 Å². The number of hydrogen-bond donors (Lipinski definition) is 3. The van der Waals surface area contributed by atoms with Crippen molar-refractivity contribution < 1.29 is 19.4 Å². The summed E-state index contributed by atoms with van der Waals surface area (Å²) in [6, 6.07) is -1.33. The van der Waals surface area contributed by atoms with Gasteiger partial charge in [-0.05, 0) is 18.8 Å². The molecule has 0 aliphatic heterocycles. The van der Waals surface area contributed by atoms with Crippen LogP contribution in [-0.2, 0) is 9.53 Å². The largest absolute Gasteiger partial charge is 0.480 e. The zero-order valence-electron chi connectivity index (χ0n) is 12.4. The van der Waals surface area contributed by atoms with Crippen molar-refractivity contribution in [3.63, 3.8) is 0 Å². The molecule has 0 radical (unpaired) electrons. The second-order valence-corrected chi connectivity index (χ2v) is 5.59. The van der Waals surface area contributed by atoms with E-state index in [1.54, 1.807) is 13.8 Å². The zero-order chi connectivity index (χ0) is 15.0. The Kier molecular flexibility index (Phi) is 7.36. The maximum absolute atomic E-state index is 11.6. The fourth-order valence-electron chi connectivity index (χ4n) is 2.33. The SMILES string of the molecule is CC(C)C(NC(=O)NCCOC1CCCCC1)C(=O)O. The van der Waals surface area contributed by atoms with Crippen molar-refractivity contribution in [3.8, 4) is 0 Å². The first kappa shape index (κ1) is 16.8. The maximum Gasteiger partial charge on any atom is 0.326 e. The molecule has 1 fully saturated rings. The first-order chi connectivity index (χ1) is 9.50. The molecule has 2 amide bonds. The van der Waals surface area contributed by atoms with E-state index in [4.69, 9.17) is 9.84 Å². The van der Waals surface area contributed by atoms with Crippen molar-refractivity contribution >= 4 is 12.0 Å². The Labute approximate surface area is 120 Å². The van der Waals surface area contributed by atoms with Gasteiger partial charge in [-0.1, -0.05) is 33.1 Å². The van der Waals surface area contributed by atoms with Gasteiger partial charge in [-0.15, -0.1) is 0 Å². The summed E-state index contributed by atoms with van der Waals surface area (Å²) in [5, 5.41) is 14.0. The topological polar surface area (TPSA) is 87.7 Å². The lowest BCUT2D eigenvalue weighted by atomic mass is 9.98. The van der Waals surface area contributed by atoms with Crippen LogP contribution in [0.4, 0.5) is 4.79 Å². The van der Waals surface area contributed by atoms with Crippen LogP contribution in [0.15, 0.2) is 0 Å². The summed E-state index contributed by atoms with van der Waals surface area (Å²) in [4.78, 5) is 22.5. The van der Waals surface area contributed by atoms with E-state index in [2.05, 4.69) is 10.6 Å². The Morgan fingerprint density at radius 3 is 2.45 bits per heavy atom. The van der Waals surface area contributed by atoms with Crippen LogP contribution >= 0.6 is 0 Å². The molecular formula is C14H26N2O4. The van der Waals surface area contributed by atoms with Crippen molar-refractivity contribution in [1.29, 1.82) is 0 Å². The van der Waals surface area contributed by atoms with Gasteiger partial charge in [-0.2, -0.15) is 0 Å². The lowest BCUT2D eigenvalue weighted by Gasteiger charge is -2.22. The zero-order valence-corrected chi connectivity index (χ0v) is 12.4. The van der Waals surface area contributed by atoms with Gasteiger partial charge in [-0.25, -0.2) is 9.59 Å². The third kappa shape index (κ3) is 6.23. The van der Waals surface area contributed by atoms with Gasteiger partial charge in [0.2, 0.25) is 0 Å². The highest BCUT2D eigenvalue weighted by Crippen LogP contribution is 2.19. The van der Waals surface area contributed by atoms with E-state index in [1.165, 1.54) is 19.3 Å². The van der Waals surface area contributed by atoms with Gasteiger partial charge in [-0.3, -0.25) is 0 Å². The molecule has 0 aromatic heterocycles. The van der Waals surface area contributed by atoms with Crippen LogP contribution in [0.3, 0.4) is 0 Å². The molecule has 116 valence electrons. The van der Waals surface area contributed by atoms with E-state index in [9.17, 15) is 9.59 Å². The van der Waals surface area contributed by atoms with Crippen LogP contribution < -0.4 is 10.6 Å². The summed E-state index contributed by atoms with van der Waals surface area (Å²) in [5.74, 6) is -1.18. The number of carboxylic acids is 1. The van der Waals surface area contributed by atoms with Crippen molar-refractivity contribution in [3.05, 3.63) is 0 Å². The summed E-state index contributed by atoms with van der Waals surface area (Å²) in [7, 11) is 0. The van der Waals surface area contributed by atoms with Crippen LogP contribution in [0.5, 0.6) is 0 Å². The second kappa shape index (κ2) is 8.79. The van der Waals surface area contributed by atoms with Crippen LogP contribution in [0.1, 0.15) is 46.0 Å². The molecule has 1 aliphatic carbocycles. The van der Waals surface area contributed by atoms with Crippen molar-refractivity contribution in [2.45, 2.75) is 58.1 Å². The standard InChI is InChI=1S/C14H26N2O4/c1-10(2)12(13(17)18)16-14(19)15-8-9-20-11-6-4-3-5-7-11/h10-12H,3-9H2,1-2H3,(H,17,18)(H2,15,16,19). The minimum Gasteiger partial charge on any atom is -0.480 e. The molecule has 6 nitrogen and oxygen atoms in total. The highest BCUT2D eigenvalue weighted by atomic mass is 16.5. The van der Waals surface area contributed by atoms with Gasteiger partial charge < -0.3 is 20.5 Å². The van der Waals surface area contributed by atoms with Gasteiger partial charge in [0.15, 0.2) is 0 Å². The lowest BCUT2D eigenvalue weighted by molar-refractivity contribution is -0.140. The van der Waals surface area contributed by atoms with Crippen LogP contribution in [0.25, 0.3) is 0 Å². The number of aliphatic carboxylic acids is 1. The van der Waals surface area contributed by atoms with Crippen LogP contribution in [0, 0.1) is 5.92 Å². The minimum atomic E-state index is -1.02. The quantitative estimate of drug-likeness (QED) is 0.622. The number of carboxylic acid groups (broad SMARTS) is 1. The average Bonchev–Trinajstić information content (AvgIpc) is 2.41. The van der Waals surface area contributed by atoms with Gasteiger partial charge >= 0.3 is 12.0 Å². The summed E-state index contributed by atoms with van der Waals surface area (Å²) in [5.41, 5.74) is 0. The van der Waals surface area contributed by atoms with E-state index < -0.39 is 18.0 Å². The number of carbonyl (C=O) groups is 2. The molecule has 0 aromatic carbocycles. The molecule has 0 spiro atoms. The number of amides is 2. The smallest absolute Gasteiger partial charge is 0.326 e. The summed E-state index contributed by atoms with van der Waals surface area (Å²) in [6.07, 6.45) is 6.23. The molecule has 0 aromatic rings. The minimum absolute atomic E-state index is 0.156. The number of carbonyl (C=O) groups excluding carboxylic acids is 1. The highest BCUT2D eigenvalue weighted by molar-refractivity contribution is 5.82. The van der Waals surface area contributed by atoms with Gasteiger partial charge in [0.05, 0.1) is 12.7 Å². The normalized spacial score (nSPS) is 17.8. The molecule has 20 heavy (non-hydrogen) atoms. The monoisotopic (exact) mass is 286 g/mol. The fraction of sp³-hybridized carbons (Fsp3) is 0.857. The number of rotatable bonds is 7. The Balaban J connectivity index is 2.14. The molecule has 6 heteroatoms. The molecule has 1 atom stereocenters. The maximum atomic E-state index is 11.6. The molecule has 1 unspecified atom stereocenters. The summed E-state index contributed by atoms with van der Waals surface area (Å²) >= 11 is 0. The van der Waals surface area contributed by atoms with Crippen LogP contribution in [0.2, 0.25) is 0 Å². The number of nitrogens with one attached hydrogen (secondary N) is 2. The second-order valence-electron chi connectivity index (χ2n) is 5.59. The van der Waals surface area contributed by atoms with Crippen molar-refractivity contribution in [2.75, 3.05) is 13.2 Å². The van der Waals surface area contributed by atoms with E-state index in [0.29, 0.717) is 19.3 Å². The number of urea groups is 1. The third-order valence-corrected chi connectivity index (χ3v) is 3.51. The third-order valence-electron chi connectivity index (χ3n) is 3.51. The Morgan fingerprint density at radius 2 is 1.90 bits per heavy atom. The Hall–Kier alpha value is -1.30. The first-order valence-corrected chi connectivity index (χ1v) is 7.39. The predicted octanol–water partition coefficient (Wildman–Crippen LogP) is 1.74. The molecular weight excluding hydrogens is 260 g/mol. The molecule has 0 bridgehead atoms. The Bertz CT molecular complexity index is 314. The Morgan fingerprint density at radius 1 is 1.25 bits per heavy atom. The summed E-state index contributed by atoms with van der Waals surface area (Å²) in [6.45, 7) is 4.38. The predicted molar refractivity (Wildman–Crippen MR) is 75.6 cm³/mol. The van der Waals surface area contributed by atoms with Gasteiger partial charge in [0.1, 0.15) is 6.04 Å². The molecule has 0 heterocycles. The van der Waals surface area contributed by atoms with Crippen molar-refractivity contribution in [2.24, 2.45) is 5.92 Å².